The zero-order valence-corrected chi connectivity index (χ0v) is 29.4. The molecule has 0 radical (unpaired) electrons. The number of carbonyl (C=O) groups excluding carboxylic acids is 3. The summed E-state index contributed by atoms with van der Waals surface area (Å²) in [6, 6.07) is 0. The van der Waals surface area contributed by atoms with Crippen molar-refractivity contribution in [2.24, 2.45) is 23.2 Å². The van der Waals surface area contributed by atoms with Gasteiger partial charge in [-0.1, -0.05) is 49.8 Å². The van der Waals surface area contributed by atoms with Crippen molar-refractivity contribution in [3.05, 3.63) is 46.2 Å². The lowest BCUT2D eigenvalue weighted by molar-refractivity contribution is -0.154. The average Bonchev–Trinajstić information content (AvgIpc) is 3.40. The van der Waals surface area contributed by atoms with Crippen molar-refractivity contribution in [3.8, 4) is 0 Å². The maximum Gasteiger partial charge on any atom is 0.302 e. The minimum absolute atomic E-state index is 0.00495. The molecular weight excluding hydrogens is 586 g/mol. The van der Waals surface area contributed by atoms with Gasteiger partial charge in [-0.25, -0.2) is 0 Å². The SMILES string of the molecule is CC(=O)OC1CCC2C3CCC4=CC(=O)CCC4=C3[C@@H](C3=CC=C(N(C)CCCCCCCCN4CCN(C=O)CC4)CC3)C[C@]12C. The van der Waals surface area contributed by atoms with Crippen molar-refractivity contribution in [2.75, 3.05) is 46.3 Å². The van der Waals surface area contributed by atoms with Gasteiger partial charge in [-0.05, 0) is 106 Å². The Labute approximate surface area is 283 Å². The molecule has 7 heteroatoms. The number of ketones is 1. The summed E-state index contributed by atoms with van der Waals surface area (Å²) < 4.78 is 6.01. The molecule has 6 rings (SSSR count). The van der Waals surface area contributed by atoms with Crippen molar-refractivity contribution in [1.82, 2.24) is 14.7 Å². The smallest absolute Gasteiger partial charge is 0.302 e. The van der Waals surface area contributed by atoms with Gasteiger partial charge in [-0.15, -0.1) is 0 Å². The predicted octanol–water partition coefficient (Wildman–Crippen LogP) is 7.00. The Balaban J connectivity index is 1.04. The molecule has 1 amide bonds. The fraction of sp³-hybridized carbons (Fsp3) is 0.725. The lowest BCUT2D eigenvalue weighted by atomic mass is 9.52. The third-order valence-electron chi connectivity index (χ3n) is 12.8. The average molecular weight is 646 g/mol. The fourth-order valence-electron chi connectivity index (χ4n) is 10.2. The van der Waals surface area contributed by atoms with Crippen LogP contribution >= 0.6 is 0 Å². The summed E-state index contributed by atoms with van der Waals surface area (Å²) >= 11 is 0. The molecule has 1 heterocycles. The summed E-state index contributed by atoms with van der Waals surface area (Å²) in [6.07, 6.45) is 24.5. The summed E-state index contributed by atoms with van der Waals surface area (Å²) in [4.78, 5) is 42.3. The van der Waals surface area contributed by atoms with E-state index in [2.05, 4.69) is 35.9 Å². The first kappa shape index (κ1) is 34.2. The highest BCUT2D eigenvalue weighted by atomic mass is 16.5. The van der Waals surface area contributed by atoms with Crippen LogP contribution in [0.3, 0.4) is 0 Å². The fourth-order valence-corrected chi connectivity index (χ4v) is 10.2. The van der Waals surface area contributed by atoms with E-state index < -0.39 is 0 Å². The Morgan fingerprint density at radius 2 is 1.72 bits per heavy atom. The molecule has 0 spiro atoms. The first-order valence-electron chi connectivity index (χ1n) is 18.9. The van der Waals surface area contributed by atoms with Gasteiger partial charge in [0.25, 0.3) is 0 Å². The number of hydrogen-bond donors (Lipinski definition) is 0. The number of allylic oxidation sites excluding steroid dienone is 8. The van der Waals surface area contributed by atoms with Crippen molar-refractivity contribution < 1.29 is 19.1 Å². The third kappa shape index (κ3) is 7.66. The van der Waals surface area contributed by atoms with E-state index in [1.54, 1.807) is 18.1 Å². The molecular formula is C40H59N3O4. The first-order valence-corrected chi connectivity index (χ1v) is 18.9. The molecule has 0 aromatic rings. The summed E-state index contributed by atoms with van der Waals surface area (Å²) in [6.45, 7) is 10.1. The van der Waals surface area contributed by atoms with Crippen molar-refractivity contribution in [3.63, 3.8) is 0 Å². The number of hydrogen-bond acceptors (Lipinski definition) is 6. The van der Waals surface area contributed by atoms with Gasteiger partial charge in [0, 0.05) is 70.1 Å². The maximum absolute atomic E-state index is 12.4. The summed E-state index contributed by atoms with van der Waals surface area (Å²) in [5, 5.41) is 0. The van der Waals surface area contributed by atoms with E-state index in [1.807, 2.05) is 11.0 Å². The molecule has 5 aliphatic carbocycles. The molecule has 0 aromatic heterocycles. The van der Waals surface area contributed by atoms with Gasteiger partial charge in [0.05, 0.1) is 0 Å². The largest absolute Gasteiger partial charge is 0.462 e. The van der Waals surface area contributed by atoms with Gasteiger partial charge in [0.1, 0.15) is 6.10 Å². The molecule has 6 aliphatic rings. The van der Waals surface area contributed by atoms with Crippen molar-refractivity contribution in [2.45, 2.75) is 116 Å². The van der Waals surface area contributed by atoms with Gasteiger partial charge < -0.3 is 14.5 Å². The highest BCUT2D eigenvalue weighted by Gasteiger charge is 2.58. The summed E-state index contributed by atoms with van der Waals surface area (Å²) in [5.74, 6) is 1.62. The molecule has 47 heavy (non-hydrogen) atoms. The van der Waals surface area contributed by atoms with E-state index in [4.69, 9.17) is 4.74 Å². The normalized spacial score (nSPS) is 30.9. The van der Waals surface area contributed by atoms with Gasteiger partial charge in [-0.3, -0.25) is 19.3 Å². The van der Waals surface area contributed by atoms with Crippen LogP contribution in [-0.4, -0.2) is 85.3 Å². The highest BCUT2D eigenvalue weighted by Crippen LogP contribution is 2.64. The van der Waals surface area contributed by atoms with Crippen molar-refractivity contribution in [1.29, 1.82) is 0 Å². The number of nitrogens with zero attached hydrogens (tertiary/aromatic N) is 3. The third-order valence-corrected chi connectivity index (χ3v) is 12.8. The van der Waals surface area contributed by atoms with Crippen LogP contribution in [0, 0.1) is 23.2 Å². The molecule has 2 saturated carbocycles. The van der Waals surface area contributed by atoms with Crippen LogP contribution in [0.25, 0.3) is 0 Å². The Morgan fingerprint density at radius 3 is 2.45 bits per heavy atom. The lowest BCUT2D eigenvalue weighted by Gasteiger charge is -2.52. The van der Waals surface area contributed by atoms with E-state index in [-0.39, 0.29) is 17.5 Å². The monoisotopic (exact) mass is 645 g/mol. The number of esters is 1. The molecule has 0 bridgehead atoms. The second-order valence-corrected chi connectivity index (χ2v) is 15.7. The molecule has 1 saturated heterocycles. The van der Waals surface area contributed by atoms with Gasteiger partial charge in [-0.2, -0.15) is 0 Å². The van der Waals surface area contributed by atoms with Gasteiger partial charge in [0.2, 0.25) is 6.41 Å². The Hall–Kier alpha value is -2.67. The molecule has 1 aliphatic heterocycles. The van der Waals surface area contributed by atoms with Gasteiger partial charge in [0.15, 0.2) is 5.78 Å². The van der Waals surface area contributed by atoms with Crippen LogP contribution in [0.1, 0.15) is 110 Å². The zero-order valence-electron chi connectivity index (χ0n) is 29.4. The van der Waals surface area contributed by atoms with Crippen LogP contribution in [0.2, 0.25) is 0 Å². The van der Waals surface area contributed by atoms with Crippen LogP contribution in [0.4, 0.5) is 0 Å². The second kappa shape index (κ2) is 15.3. The predicted molar refractivity (Wildman–Crippen MR) is 186 cm³/mol. The molecule has 7 nitrogen and oxygen atoms in total. The molecule has 3 fully saturated rings. The van der Waals surface area contributed by atoms with E-state index in [1.165, 1.54) is 61.9 Å². The number of amides is 1. The number of carbonyl (C=O) groups is 3. The Kier molecular flexibility index (Phi) is 11.1. The molecule has 0 aromatic carbocycles. The van der Waals surface area contributed by atoms with Crippen LogP contribution < -0.4 is 0 Å². The highest BCUT2D eigenvalue weighted by molar-refractivity contribution is 5.93. The zero-order chi connectivity index (χ0) is 33.0. The Morgan fingerprint density at radius 1 is 0.957 bits per heavy atom. The van der Waals surface area contributed by atoms with Crippen LogP contribution in [0.5, 0.6) is 0 Å². The Bertz CT molecular complexity index is 1300. The number of piperazine rings is 1. The first-order chi connectivity index (χ1) is 22.8. The molecule has 0 N–H and O–H groups in total. The standard InChI is InChI=1S/C40H59N3O4/c1-29(45)47-38-19-18-37-35-16-12-31-26-33(46)15-17-34(31)39(35)36(27-40(37,38)2)30-10-13-32(14-11-30)41(3)20-8-6-4-5-7-9-21-42-22-24-43(28-44)25-23-42/h10,13,26,28,35-38H,4-9,11-12,14-25,27H2,1-3H3/t35?,36-,37?,38?,40+/m1/s1. The van der Waals surface area contributed by atoms with E-state index >= 15 is 0 Å². The van der Waals surface area contributed by atoms with E-state index in [0.29, 0.717) is 30.0 Å². The van der Waals surface area contributed by atoms with Gasteiger partial charge >= 0.3 is 5.97 Å². The topological polar surface area (TPSA) is 70.2 Å². The van der Waals surface area contributed by atoms with Crippen molar-refractivity contribution >= 4 is 18.2 Å². The van der Waals surface area contributed by atoms with Crippen LogP contribution in [-0.2, 0) is 19.1 Å². The molecule has 258 valence electrons. The van der Waals surface area contributed by atoms with Crippen LogP contribution in [0.15, 0.2) is 46.2 Å². The number of unbranched alkanes of at least 4 members (excludes halogenated alkanes) is 5. The minimum Gasteiger partial charge on any atom is -0.462 e. The van der Waals surface area contributed by atoms with E-state index in [9.17, 15) is 14.4 Å². The summed E-state index contributed by atoms with van der Waals surface area (Å²) in [7, 11) is 2.27. The molecule has 5 atom stereocenters. The number of rotatable bonds is 13. The molecule has 3 unspecified atom stereocenters. The summed E-state index contributed by atoms with van der Waals surface area (Å²) in [5.41, 5.74) is 7.48. The number of fused-ring (bicyclic) bond motifs is 4. The quantitative estimate of drug-likeness (QED) is 0.122. The van der Waals surface area contributed by atoms with E-state index in [0.717, 1.165) is 90.5 Å². The number of ether oxygens (including phenoxy) is 1. The lowest BCUT2D eigenvalue weighted by Crippen LogP contribution is -2.47. The minimum atomic E-state index is -0.147. The second-order valence-electron chi connectivity index (χ2n) is 15.7. The maximum atomic E-state index is 12.4.